The molecule has 4 amide bonds. The van der Waals surface area contributed by atoms with E-state index in [0.717, 1.165) is 73.9 Å². The van der Waals surface area contributed by atoms with Gasteiger partial charge in [-0.05, 0) is 48.9 Å². The van der Waals surface area contributed by atoms with Crippen molar-refractivity contribution >= 4 is 23.6 Å². The third-order valence-electron chi connectivity index (χ3n) is 12.0. The maximum Gasteiger partial charge on any atom is 0.251 e. The maximum atomic E-state index is 12.7. The lowest BCUT2D eigenvalue weighted by Gasteiger charge is -2.42. The monoisotopic (exact) mass is 785 g/mol. The van der Waals surface area contributed by atoms with Crippen LogP contribution < -0.4 is 21.3 Å². The molecule has 3 aromatic carbocycles. The lowest BCUT2D eigenvalue weighted by atomic mass is 9.87. The quantitative estimate of drug-likeness (QED) is 0.231. The highest BCUT2D eigenvalue weighted by Crippen LogP contribution is 2.42. The first kappa shape index (κ1) is 40.2. The topological polar surface area (TPSA) is 187 Å². The first-order valence-electron chi connectivity index (χ1n) is 20.3. The van der Waals surface area contributed by atoms with E-state index in [-0.39, 0.29) is 47.8 Å². The Hall–Kier alpha value is -5.97. The Morgan fingerprint density at radius 1 is 0.603 bits per heavy atom. The smallest absolute Gasteiger partial charge is 0.251 e. The van der Waals surface area contributed by atoms with Crippen molar-refractivity contribution in [1.29, 1.82) is 5.26 Å². The number of amides is 4. The Bertz CT molecular complexity index is 1940. The summed E-state index contributed by atoms with van der Waals surface area (Å²) in [6.45, 7) is -0.142. The molecule has 0 unspecified atom stereocenters. The summed E-state index contributed by atoms with van der Waals surface area (Å²) in [5.41, 5.74) is 5.54. The SMILES string of the molecule is N#Cc1ccccc1.O=C1NCC2=C1[C@@H](c1ccccc1)N(C(=O)CO)[C@@H]1CCCC[C@H]1N2.O=C1NCC2=C1[C@@H](c1ccccc1)N(C(=O)CO)[C@@H]1CCCC[C@H]1N2. The lowest BCUT2D eigenvalue weighted by molar-refractivity contribution is -0.141. The number of nitrogens with one attached hydrogen (secondary N) is 4. The van der Waals surface area contributed by atoms with E-state index in [1.807, 2.05) is 84.9 Å². The Kier molecular flexibility index (Phi) is 12.9. The zero-order valence-corrected chi connectivity index (χ0v) is 32.5. The molecule has 9 rings (SSSR count). The number of aliphatic hydroxyl groups is 2. The molecule has 2 aliphatic carbocycles. The third-order valence-corrected chi connectivity index (χ3v) is 12.0. The van der Waals surface area contributed by atoms with Crippen LogP contribution in [0.2, 0.25) is 0 Å². The van der Waals surface area contributed by atoms with Crippen LogP contribution >= 0.6 is 0 Å². The lowest BCUT2D eigenvalue weighted by Crippen LogP contribution is -2.54. The van der Waals surface area contributed by atoms with E-state index in [9.17, 15) is 29.4 Å². The number of benzene rings is 3. The molecule has 0 bridgehead atoms. The van der Waals surface area contributed by atoms with Crippen LogP contribution in [-0.4, -0.2) is 94.1 Å². The van der Waals surface area contributed by atoms with E-state index in [2.05, 4.69) is 21.3 Å². The minimum absolute atomic E-state index is 0.0167. The molecule has 6 N–H and O–H groups in total. The van der Waals surface area contributed by atoms with Gasteiger partial charge in [0.25, 0.3) is 11.8 Å². The first-order chi connectivity index (χ1) is 28.3. The standard InChI is InChI=1S/2C19H23N3O3.C7H5N/c2*23-11-16(24)22-15-9-5-4-8-13(15)21-14-10-20-19(25)17(14)18(22)12-6-2-1-3-7-12;8-6-7-4-2-1-3-5-7/h2*1-3,6-7,13,15,18,21,23H,4-5,8-11H2,(H,20,25);1-5H/t2*13-,15-,18-;/m11./s1. The van der Waals surface area contributed by atoms with Crippen molar-refractivity contribution in [2.45, 2.75) is 87.6 Å². The minimum Gasteiger partial charge on any atom is -0.387 e. The average Bonchev–Trinajstić information content (AvgIpc) is 3.71. The number of nitriles is 1. The largest absolute Gasteiger partial charge is 0.387 e. The minimum atomic E-state index is -0.545. The molecule has 302 valence electrons. The van der Waals surface area contributed by atoms with Crippen LogP contribution in [0, 0.1) is 11.3 Å². The second-order valence-electron chi connectivity index (χ2n) is 15.4. The summed E-state index contributed by atoms with van der Waals surface area (Å²) in [6, 6.07) is 29.7. The zero-order chi connectivity index (χ0) is 40.6. The van der Waals surface area contributed by atoms with Crippen LogP contribution in [-0.2, 0) is 19.2 Å². The third kappa shape index (κ3) is 8.35. The van der Waals surface area contributed by atoms with Gasteiger partial charge in [0.05, 0.1) is 60.0 Å². The van der Waals surface area contributed by atoms with Gasteiger partial charge >= 0.3 is 0 Å². The molecule has 2 saturated carbocycles. The number of carbonyl (C=O) groups excluding carboxylic acids is 4. The molecule has 0 saturated heterocycles. The van der Waals surface area contributed by atoms with Gasteiger partial charge in [0.1, 0.15) is 13.2 Å². The number of aliphatic hydroxyl groups excluding tert-OH is 2. The second kappa shape index (κ2) is 18.5. The number of nitrogens with zero attached hydrogens (tertiary/aromatic N) is 3. The van der Waals surface area contributed by atoms with Gasteiger partial charge in [0.2, 0.25) is 11.8 Å². The van der Waals surface area contributed by atoms with Crippen LogP contribution in [0.4, 0.5) is 0 Å². The first-order valence-corrected chi connectivity index (χ1v) is 20.3. The average molecular weight is 786 g/mol. The van der Waals surface area contributed by atoms with E-state index < -0.39 is 25.3 Å². The highest BCUT2D eigenvalue weighted by Gasteiger charge is 2.47. The number of rotatable bonds is 4. The number of carbonyl (C=O) groups is 4. The number of hydrogen-bond acceptors (Lipinski definition) is 9. The van der Waals surface area contributed by atoms with E-state index in [1.165, 1.54) is 0 Å². The molecule has 2 fully saturated rings. The Morgan fingerprint density at radius 3 is 1.34 bits per heavy atom. The molecule has 6 aliphatic rings. The Labute approximate surface area is 338 Å². The second-order valence-corrected chi connectivity index (χ2v) is 15.4. The zero-order valence-electron chi connectivity index (χ0n) is 32.5. The Morgan fingerprint density at radius 2 is 0.983 bits per heavy atom. The van der Waals surface area contributed by atoms with Gasteiger partial charge in [-0.1, -0.05) is 105 Å². The summed E-state index contributed by atoms with van der Waals surface area (Å²) < 4.78 is 0. The molecule has 4 heterocycles. The van der Waals surface area contributed by atoms with E-state index in [4.69, 9.17) is 5.26 Å². The summed E-state index contributed by atoms with van der Waals surface area (Å²) in [4.78, 5) is 54.2. The van der Waals surface area contributed by atoms with Crippen molar-refractivity contribution in [3.8, 4) is 6.07 Å². The molecule has 0 radical (unpaired) electrons. The molecule has 4 aliphatic heterocycles. The molecule has 0 aromatic heterocycles. The van der Waals surface area contributed by atoms with Gasteiger partial charge in [-0.2, -0.15) is 5.26 Å². The highest BCUT2D eigenvalue weighted by atomic mass is 16.3. The fourth-order valence-corrected chi connectivity index (χ4v) is 9.42. The van der Waals surface area contributed by atoms with Crippen molar-refractivity contribution in [2.24, 2.45) is 0 Å². The Balaban J connectivity index is 0.000000149. The molecule has 13 heteroatoms. The van der Waals surface area contributed by atoms with Crippen LogP contribution in [0.1, 0.15) is 80.1 Å². The molecule has 58 heavy (non-hydrogen) atoms. The summed E-state index contributed by atoms with van der Waals surface area (Å²) >= 11 is 0. The predicted octanol–water partition coefficient (Wildman–Crippen LogP) is 3.25. The van der Waals surface area contributed by atoms with Crippen molar-refractivity contribution in [3.05, 3.63) is 130 Å². The van der Waals surface area contributed by atoms with Gasteiger partial charge in [-0.25, -0.2) is 0 Å². The van der Waals surface area contributed by atoms with Crippen LogP contribution in [0.25, 0.3) is 0 Å². The van der Waals surface area contributed by atoms with Gasteiger partial charge in [-0.3, -0.25) is 19.2 Å². The van der Waals surface area contributed by atoms with Crippen LogP contribution in [0.3, 0.4) is 0 Å². The van der Waals surface area contributed by atoms with Gasteiger partial charge in [-0.15, -0.1) is 0 Å². The fraction of sp³-hybridized carbons (Fsp3) is 0.400. The molecule has 3 aromatic rings. The number of fused-ring (bicyclic) bond motifs is 2. The maximum absolute atomic E-state index is 12.7. The van der Waals surface area contributed by atoms with Gasteiger partial charge in [0.15, 0.2) is 0 Å². The highest BCUT2D eigenvalue weighted by molar-refractivity contribution is 6.00. The van der Waals surface area contributed by atoms with Crippen LogP contribution in [0.5, 0.6) is 0 Å². The van der Waals surface area contributed by atoms with Crippen molar-refractivity contribution in [2.75, 3.05) is 26.3 Å². The molecule has 6 atom stereocenters. The van der Waals surface area contributed by atoms with Gasteiger partial charge in [0, 0.05) is 23.5 Å². The molecular weight excluding hydrogens is 735 g/mol. The van der Waals surface area contributed by atoms with E-state index in [0.29, 0.717) is 29.8 Å². The summed E-state index contributed by atoms with van der Waals surface area (Å²) in [6.07, 6.45) is 8.01. The fourth-order valence-electron chi connectivity index (χ4n) is 9.42. The molecule has 13 nitrogen and oxygen atoms in total. The molecular formula is C45H51N7O6. The predicted molar refractivity (Wildman–Crippen MR) is 216 cm³/mol. The van der Waals surface area contributed by atoms with Gasteiger partial charge < -0.3 is 41.3 Å². The summed E-state index contributed by atoms with van der Waals surface area (Å²) in [5, 5.41) is 40.4. The van der Waals surface area contributed by atoms with Crippen LogP contribution in [0.15, 0.2) is 114 Å². The summed E-state index contributed by atoms with van der Waals surface area (Å²) in [7, 11) is 0. The van der Waals surface area contributed by atoms with Crippen molar-refractivity contribution in [3.63, 3.8) is 0 Å². The van der Waals surface area contributed by atoms with Crippen molar-refractivity contribution < 1.29 is 29.4 Å². The normalized spacial score (nSPS) is 25.7. The van der Waals surface area contributed by atoms with E-state index in [1.54, 1.807) is 21.9 Å². The van der Waals surface area contributed by atoms with Crippen molar-refractivity contribution in [1.82, 2.24) is 31.1 Å². The van der Waals surface area contributed by atoms with E-state index >= 15 is 0 Å². The molecule has 0 spiro atoms. The number of hydrogen-bond donors (Lipinski definition) is 6. The summed E-state index contributed by atoms with van der Waals surface area (Å²) in [5.74, 6) is -0.904.